The van der Waals surface area contributed by atoms with E-state index in [1.807, 2.05) is 0 Å². The van der Waals surface area contributed by atoms with Crippen molar-refractivity contribution in [3.8, 4) is 29.7 Å². The average Bonchev–Trinajstić information content (AvgIpc) is 1.80. The summed E-state index contributed by atoms with van der Waals surface area (Å²) in [5.74, 6) is -19.2. The van der Waals surface area contributed by atoms with E-state index in [0.29, 0.717) is 11.1 Å². The number of nitrogen functional groups attached to an aromatic ring is 1. The number of carboxylic acids is 8. The van der Waals surface area contributed by atoms with Crippen LogP contribution in [-0.4, -0.2) is 185 Å². The molecule has 41 nitrogen and oxygen atoms in total. The van der Waals surface area contributed by atoms with Gasteiger partial charge in [-0.25, -0.2) is 47.9 Å². The molecule has 612 valence electrons. The molecule has 2 heterocycles. The Kier molecular flexibility index (Phi) is 35.9. The van der Waals surface area contributed by atoms with E-state index in [9.17, 15) is 107 Å². The highest BCUT2D eigenvalue weighted by Crippen LogP contribution is 2.25. The number of nitrogens with zero attached hydrogens (tertiary/aromatic N) is 5. The Morgan fingerprint density at radius 2 is 0.630 bits per heavy atom. The third-order valence-corrected chi connectivity index (χ3v) is 14.9. The first-order valence-corrected chi connectivity index (χ1v) is 33.7. The Bertz CT molecular complexity index is 5270. The number of phenols is 2. The van der Waals surface area contributed by atoms with Crippen molar-refractivity contribution in [2.75, 3.05) is 38.8 Å². The summed E-state index contributed by atoms with van der Waals surface area (Å²) in [5, 5.41) is 125. The number of carbonyl (C=O) groups is 19. The summed E-state index contributed by atoms with van der Waals surface area (Å²) >= 11 is 14.8. The van der Waals surface area contributed by atoms with E-state index in [1.165, 1.54) is 72.8 Å². The molecule has 16 N–H and O–H groups in total. The molecule has 0 saturated carbocycles. The van der Waals surface area contributed by atoms with Crippen LogP contribution in [0.15, 0.2) is 151 Å². The number of rotatable bonds is 23. The average molecular weight is 1700 g/mol. The van der Waals surface area contributed by atoms with E-state index in [4.69, 9.17) is 102 Å². The largest absolute Gasteiger partial charge is 0.508 e. The smallest absolute Gasteiger partial charge is 0.364 e. The number of carbonyl (C=O) groups excluding carboxylic acids is 11. The molecule has 2 fully saturated rings. The molecule has 9 rings (SSSR count). The monoisotopic (exact) mass is 1700 g/mol. The van der Waals surface area contributed by atoms with Crippen LogP contribution in [0, 0.1) is 34.0 Å². The summed E-state index contributed by atoms with van der Waals surface area (Å²) in [6.45, 7) is 0. The number of phenolic OH excluding ortho intramolecular Hbond substituents is 2. The molecule has 8 amide bonds. The van der Waals surface area contributed by atoms with Gasteiger partial charge in [0.15, 0.2) is 0 Å². The minimum absolute atomic E-state index is 0.0209. The standard InChI is InChI=1S/C26H18N4O10.C18H12N2O6.C11H8N2O5.C10H8ClNO5.C8H7NO4.C2H2Cl2O/c27-13-17(9-14-1-3-19(31)4-2-14)24(36)28-18-11-15(25(37)39-29-20(32)5-6-21(29)33)10-16(12-18)26(38)40-30-22(34)7-8-23(30)35;19-9-13(5-10-1-3-15(21)4-2-10)16(22)20-14-7-11(17(23)24)6-12(8-14)18(25)26;12-2-1-9(14)13-8-4-6(10(15)16)3-7(5-8)11(17)18;11-4-8(13)12-7-2-5(9(14)15)1-6(3-7)10(16)17;9-6-2-4(7(10)11)1-5(3-6)8(12)13;3-1-2(4)5/h1-4,9-12,31H,5-8H2,(H,28,36);1-8,21H,(H,20,22)(H,23,24)(H,25,26);3-5H,1H2,(H,13,14)(H,15,16)(H,17,18);1-3H,4H2,(H,12,13)(H,14,15)(H,16,17);1-3H,9H2,(H,10,11)(H,12,13);1H2/b17-9+;13-5+;;;;. The zero-order valence-electron chi connectivity index (χ0n) is 59.9. The zero-order chi connectivity index (χ0) is 89.2. The van der Waals surface area contributed by atoms with Gasteiger partial charge in [0.25, 0.3) is 35.4 Å². The zero-order valence-corrected chi connectivity index (χ0v) is 62.1. The molecule has 0 aliphatic carbocycles. The summed E-state index contributed by atoms with van der Waals surface area (Å²) in [6, 6.07) is 32.5. The molecular formula is C75H55Cl3N10O31. The van der Waals surface area contributed by atoms with Crippen molar-refractivity contribution in [2.24, 2.45) is 0 Å². The van der Waals surface area contributed by atoms with Gasteiger partial charge in [-0.2, -0.15) is 15.8 Å². The third-order valence-electron chi connectivity index (χ3n) is 14.2. The van der Waals surface area contributed by atoms with Crippen molar-refractivity contribution in [1.29, 1.82) is 15.8 Å². The van der Waals surface area contributed by atoms with E-state index < -0.39 is 130 Å². The fraction of sp³-hybridized carbons (Fsp3) is 0.0933. The first-order chi connectivity index (χ1) is 56.0. The molecule has 0 aromatic heterocycles. The summed E-state index contributed by atoms with van der Waals surface area (Å²) in [5.41, 5.74) is 2.76. The van der Waals surface area contributed by atoms with E-state index >= 15 is 0 Å². The van der Waals surface area contributed by atoms with Gasteiger partial charge in [0.2, 0.25) is 17.1 Å². The fourth-order valence-electron chi connectivity index (χ4n) is 8.90. The summed E-state index contributed by atoms with van der Waals surface area (Å²) in [6.07, 6.45) is 1.43. The molecule has 0 radical (unpaired) electrons. The maximum atomic E-state index is 12.8. The van der Waals surface area contributed by atoms with Gasteiger partial charge in [0.1, 0.15) is 47.1 Å². The quantitative estimate of drug-likeness (QED) is 0.00733. The Morgan fingerprint density at radius 1 is 0.387 bits per heavy atom. The van der Waals surface area contributed by atoms with E-state index in [-0.39, 0.29) is 143 Å². The predicted molar refractivity (Wildman–Crippen MR) is 406 cm³/mol. The van der Waals surface area contributed by atoms with Gasteiger partial charge in [0, 0.05) is 54.1 Å². The topological polar surface area (TPSA) is 697 Å². The molecule has 0 unspecified atom stereocenters. The van der Waals surface area contributed by atoms with Crippen LogP contribution in [0.4, 0.5) is 28.4 Å². The molecule has 2 aliphatic rings. The molecule has 0 bridgehead atoms. The lowest BCUT2D eigenvalue weighted by Crippen LogP contribution is -2.33. The number of nitriles is 3. The van der Waals surface area contributed by atoms with Crippen LogP contribution < -0.4 is 27.0 Å². The Labute approximate surface area is 680 Å². The second kappa shape index (κ2) is 45.1. The molecular weight excluding hydrogens is 1640 g/mol. The molecule has 0 spiro atoms. The molecule has 7 aromatic carbocycles. The van der Waals surface area contributed by atoms with Crippen LogP contribution in [0.1, 0.15) is 147 Å². The number of anilines is 5. The number of aromatic hydroxyl groups is 2. The van der Waals surface area contributed by atoms with E-state index in [1.54, 1.807) is 18.2 Å². The molecule has 2 saturated heterocycles. The fourth-order valence-corrected chi connectivity index (χ4v) is 8.97. The van der Waals surface area contributed by atoms with Crippen LogP contribution >= 0.6 is 34.8 Å². The van der Waals surface area contributed by atoms with Crippen LogP contribution in [0.5, 0.6) is 11.5 Å². The highest BCUT2D eigenvalue weighted by molar-refractivity contribution is 6.67. The third kappa shape index (κ3) is 30.7. The number of amides is 8. The maximum Gasteiger partial charge on any atom is 0.364 e. The molecule has 119 heavy (non-hydrogen) atoms. The second-order valence-electron chi connectivity index (χ2n) is 22.9. The number of imide groups is 2. The molecule has 7 aromatic rings. The SMILES string of the molecule is N#C/C(=C\c1ccc(O)cc1)C(=O)Nc1cc(C(=O)O)cc(C(=O)O)c1.N#C/C(=C\c1ccc(O)cc1)C(=O)Nc1cc(C(=O)ON2C(=O)CCC2=O)cc(C(=O)ON2C(=O)CCC2=O)c1.N#CCC(=O)Nc1cc(C(=O)O)cc(C(=O)O)c1.Nc1cc(C(=O)O)cc(C(=O)O)c1.O=C(CCl)Nc1cc(C(=O)O)cc(C(=O)O)c1.O=C(Cl)CCl. The molecule has 44 heteroatoms. The number of benzene rings is 7. The minimum Gasteiger partial charge on any atom is -0.508 e. The van der Waals surface area contributed by atoms with Crippen molar-refractivity contribution in [3.05, 3.63) is 217 Å². The molecule has 2 aliphatic heterocycles. The number of hydrogen-bond donors (Lipinski definition) is 15. The second-order valence-corrected chi connectivity index (χ2v) is 23.8. The molecule has 0 atom stereocenters. The normalized spacial score (nSPS) is 11.6. The van der Waals surface area contributed by atoms with Crippen LogP contribution in [-0.2, 0) is 52.8 Å². The van der Waals surface area contributed by atoms with Crippen molar-refractivity contribution >= 4 is 188 Å². The number of halogens is 3. The van der Waals surface area contributed by atoms with Crippen molar-refractivity contribution in [3.63, 3.8) is 0 Å². The van der Waals surface area contributed by atoms with Gasteiger partial charge in [-0.05, 0) is 150 Å². The van der Waals surface area contributed by atoms with Gasteiger partial charge < -0.3 is 87.7 Å². The van der Waals surface area contributed by atoms with Gasteiger partial charge >= 0.3 is 59.7 Å². The lowest BCUT2D eigenvalue weighted by Gasteiger charge is -2.15. The Balaban J connectivity index is 0.000000326. The van der Waals surface area contributed by atoms with Crippen molar-refractivity contribution in [1.82, 2.24) is 10.1 Å². The van der Waals surface area contributed by atoms with E-state index in [2.05, 4.69) is 21.3 Å². The van der Waals surface area contributed by atoms with Gasteiger partial charge in [0.05, 0.1) is 67.6 Å². The van der Waals surface area contributed by atoms with Gasteiger partial charge in [-0.1, -0.05) is 24.3 Å². The first kappa shape index (κ1) is 94.7. The maximum absolute atomic E-state index is 12.8. The Morgan fingerprint density at radius 3 is 0.874 bits per heavy atom. The number of hydroxylamine groups is 4. The van der Waals surface area contributed by atoms with Crippen LogP contribution in [0.2, 0.25) is 0 Å². The highest BCUT2D eigenvalue weighted by Gasteiger charge is 2.36. The van der Waals surface area contributed by atoms with Crippen molar-refractivity contribution in [2.45, 2.75) is 32.1 Å². The van der Waals surface area contributed by atoms with Crippen molar-refractivity contribution < 1.29 is 152 Å². The highest BCUT2D eigenvalue weighted by atomic mass is 35.5. The van der Waals surface area contributed by atoms with Crippen LogP contribution in [0.3, 0.4) is 0 Å². The number of hydrogen-bond acceptors (Lipinski definition) is 27. The predicted octanol–water partition coefficient (Wildman–Crippen LogP) is 7.57. The number of nitrogens with two attached hydrogens (primary N) is 1. The Hall–Kier alpha value is -16.7. The van der Waals surface area contributed by atoms with Gasteiger partial charge in [-0.15, -0.1) is 33.3 Å². The van der Waals surface area contributed by atoms with Gasteiger partial charge in [-0.3, -0.25) is 43.2 Å². The summed E-state index contributed by atoms with van der Waals surface area (Å²) in [4.78, 5) is 226. The lowest BCUT2D eigenvalue weighted by molar-refractivity contribution is -0.173. The van der Waals surface area contributed by atoms with E-state index in [0.717, 1.165) is 78.9 Å². The number of alkyl halides is 2. The minimum atomic E-state index is -1.36. The first-order valence-electron chi connectivity index (χ1n) is 32.3. The van der Waals surface area contributed by atoms with Crippen LogP contribution in [0.25, 0.3) is 12.2 Å². The summed E-state index contributed by atoms with van der Waals surface area (Å²) in [7, 11) is 0. The number of carboxylic acid groups (broad SMARTS) is 8. The summed E-state index contributed by atoms with van der Waals surface area (Å²) < 4.78 is 0. The number of aromatic carboxylic acids is 8. The lowest BCUT2D eigenvalue weighted by atomic mass is 10.1. The number of nitrogens with one attached hydrogen (secondary N) is 4.